The second-order valence-electron chi connectivity index (χ2n) is 24.0. The molecule has 8 aromatic rings. The first-order valence-electron chi connectivity index (χ1n) is 32.9. The van der Waals surface area contributed by atoms with E-state index in [1.54, 1.807) is 38.2 Å². The summed E-state index contributed by atoms with van der Waals surface area (Å²) in [6.07, 6.45) is -0.592. The number of ether oxygens (including phenoxy) is 6. The van der Waals surface area contributed by atoms with Crippen molar-refractivity contribution in [2.75, 3.05) is 76.8 Å². The SMILES string of the molecule is C.COC(=O)[C@@H](N)Cc1ccc(-n2c(=O)c3ccncc3n(C)c2=O)c2c1CCCO2.COC(=O)[C@H](Cc1ccc(-n2c(=O)c3ccncc3n(C)c2=O)c2c1CCCO2)NC(=O)c1c(C)cc(N2CCOC[C@@H]2C(F)(F)F)cc1F.Cc1cc(N2CCOC[C@@H]2C(F)(F)F)cc(F)c1C(=O)O.[2H]CC. The number of alkyl halides is 6. The van der Waals surface area contributed by atoms with Gasteiger partial charge in [-0.2, -0.15) is 26.3 Å². The molecule has 2 fully saturated rings. The normalized spacial score (nSPS) is 16.3. The molecular formula is C71H78F8N10O15. The summed E-state index contributed by atoms with van der Waals surface area (Å²) in [6.45, 7) is 4.57. The van der Waals surface area contributed by atoms with Gasteiger partial charge in [0.15, 0.2) is 0 Å². The molecule has 33 heteroatoms. The van der Waals surface area contributed by atoms with Crippen LogP contribution < -0.4 is 52.8 Å². The summed E-state index contributed by atoms with van der Waals surface area (Å²) in [5.41, 5.74) is 7.16. The number of methoxy groups -OCH3 is 2. The number of anilines is 2. The molecule has 4 aliphatic heterocycles. The Kier molecular flexibility index (Phi) is 24.8. The summed E-state index contributed by atoms with van der Waals surface area (Å²) in [5, 5.41) is 12.0. The number of pyridine rings is 2. The monoisotopic (exact) mass is 1460 g/mol. The predicted octanol–water partition coefficient (Wildman–Crippen LogP) is 7.85. The zero-order valence-corrected chi connectivity index (χ0v) is 56.8. The van der Waals surface area contributed by atoms with E-state index in [4.69, 9.17) is 40.6 Å². The van der Waals surface area contributed by atoms with Gasteiger partial charge in [-0.1, -0.05) is 33.4 Å². The molecule has 4 aromatic heterocycles. The van der Waals surface area contributed by atoms with Gasteiger partial charge < -0.3 is 54.4 Å². The van der Waals surface area contributed by atoms with Gasteiger partial charge in [-0.05, 0) is 128 Å². The molecule has 2 saturated heterocycles. The Bertz CT molecular complexity index is 4790. The third kappa shape index (κ3) is 16.4. The zero-order valence-electron chi connectivity index (χ0n) is 57.8. The number of hydrogen-bond donors (Lipinski definition) is 3. The van der Waals surface area contributed by atoms with E-state index in [0.717, 1.165) is 55.7 Å². The van der Waals surface area contributed by atoms with E-state index in [1.165, 1.54) is 86.2 Å². The smallest absolute Gasteiger partial charge is 0.411 e. The minimum absolute atomic E-state index is 0. The maximum atomic E-state index is 15.5. The number of aromatic carboxylic acids is 1. The average molecular weight is 1460 g/mol. The first-order chi connectivity index (χ1) is 49.4. The van der Waals surface area contributed by atoms with Crippen LogP contribution in [0.3, 0.4) is 0 Å². The maximum absolute atomic E-state index is 15.5. The number of esters is 2. The van der Waals surface area contributed by atoms with Gasteiger partial charge >= 0.3 is 41.6 Å². The Labute approximate surface area is 590 Å². The fourth-order valence-electron chi connectivity index (χ4n) is 12.7. The number of rotatable bonds is 13. The Morgan fingerprint density at radius 2 is 1.09 bits per heavy atom. The van der Waals surface area contributed by atoms with Crippen LogP contribution in [0.25, 0.3) is 33.2 Å². The summed E-state index contributed by atoms with van der Waals surface area (Å²) in [5.74, 6) is -5.14. The van der Waals surface area contributed by atoms with Crippen molar-refractivity contribution < 1.29 is 89.2 Å². The lowest BCUT2D eigenvalue weighted by molar-refractivity contribution is -0.167. The summed E-state index contributed by atoms with van der Waals surface area (Å²) < 4.78 is 152. The molecule has 8 heterocycles. The highest BCUT2D eigenvalue weighted by Crippen LogP contribution is 2.38. The number of hydrogen-bond acceptors (Lipinski definition) is 19. The number of aromatic nitrogens is 6. The van der Waals surface area contributed by atoms with Crippen LogP contribution in [0, 0.1) is 25.5 Å². The van der Waals surface area contributed by atoms with Crippen molar-refractivity contribution in [3.05, 3.63) is 183 Å². The molecular weight excluding hydrogens is 1380 g/mol. The summed E-state index contributed by atoms with van der Waals surface area (Å²) >= 11 is 0. The maximum Gasteiger partial charge on any atom is 0.411 e. The lowest BCUT2D eigenvalue weighted by atomic mass is 9.93. The summed E-state index contributed by atoms with van der Waals surface area (Å²) in [6, 6.07) is 7.92. The largest absolute Gasteiger partial charge is 0.491 e. The average Bonchev–Trinajstić information content (AvgIpc) is 0.753. The molecule has 4 aromatic carbocycles. The van der Waals surface area contributed by atoms with Crippen molar-refractivity contribution in [3.8, 4) is 22.9 Å². The number of morpholine rings is 2. The molecule has 4 atom stereocenters. The number of nitrogens with two attached hydrogens (primary N) is 1. The quantitative estimate of drug-likeness (QED) is 0.0731. The second kappa shape index (κ2) is 33.3. The van der Waals surface area contributed by atoms with Gasteiger partial charge in [0.2, 0.25) is 0 Å². The summed E-state index contributed by atoms with van der Waals surface area (Å²) in [7, 11) is 5.54. The minimum Gasteiger partial charge on any atom is -0.491 e. The van der Waals surface area contributed by atoms with Gasteiger partial charge in [-0.25, -0.2) is 37.1 Å². The molecule has 558 valence electrons. The number of amides is 1. The van der Waals surface area contributed by atoms with Crippen molar-refractivity contribution in [3.63, 3.8) is 0 Å². The number of halogens is 8. The number of aryl methyl sites for hydroxylation is 4. The number of carbonyl (C=O) groups is 4. The van der Waals surface area contributed by atoms with E-state index in [9.17, 15) is 69.1 Å². The van der Waals surface area contributed by atoms with Crippen molar-refractivity contribution in [2.45, 2.75) is 110 Å². The van der Waals surface area contributed by atoms with Crippen LogP contribution in [0.5, 0.6) is 11.5 Å². The summed E-state index contributed by atoms with van der Waals surface area (Å²) in [4.78, 5) is 112. The van der Waals surface area contributed by atoms with Gasteiger partial charge in [-0.15, -0.1) is 0 Å². The predicted molar refractivity (Wildman–Crippen MR) is 367 cm³/mol. The fourth-order valence-corrected chi connectivity index (χ4v) is 12.7. The Morgan fingerprint density at radius 3 is 1.49 bits per heavy atom. The van der Waals surface area contributed by atoms with E-state index < -0.39 is 119 Å². The van der Waals surface area contributed by atoms with Gasteiger partial charge in [0.25, 0.3) is 17.0 Å². The van der Waals surface area contributed by atoms with Gasteiger partial charge in [0, 0.05) is 58.7 Å². The number of carbonyl (C=O) groups excluding carboxylic acids is 3. The first kappa shape index (κ1) is 77.6. The fraction of sp³-hybridized carbons (Fsp3) is 0.408. The van der Waals surface area contributed by atoms with E-state index in [0.29, 0.717) is 78.4 Å². The Hall–Kier alpha value is -10.5. The Balaban J connectivity index is 0.000000214. The molecule has 0 bridgehead atoms. The van der Waals surface area contributed by atoms with Crippen molar-refractivity contribution >= 4 is 57.0 Å². The van der Waals surface area contributed by atoms with Gasteiger partial charge in [-0.3, -0.25) is 38.3 Å². The second-order valence-corrected chi connectivity index (χ2v) is 24.0. The first-order valence-corrected chi connectivity index (χ1v) is 32.2. The molecule has 4 aliphatic rings. The van der Waals surface area contributed by atoms with Crippen molar-refractivity contribution in [1.82, 2.24) is 33.6 Å². The minimum atomic E-state index is -4.63. The number of carboxylic acid groups (broad SMARTS) is 1. The molecule has 4 N–H and O–H groups in total. The number of nitrogens with zero attached hydrogens (tertiary/aromatic N) is 8. The van der Waals surface area contributed by atoms with E-state index in [-0.39, 0.29) is 85.9 Å². The molecule has 12 rings (SSSR count). The standard InChI is InChI=1S/C34H33F4N5O7.C21H22N4O5.C13H13F4NO3.C2H6.CH4/c1-18-13-20(42-10-12-49-17-27(42)34(36,37)38)15-23(35)28(18)30(44)40-24(32(46)48-3)14-19-6-7-25(29-21(19)5-4-11-50-29)43-31(45)22-8-9-39-16-26(22)41(2)33(43)47;1-24-17-11-23-8-7-14(17)19(26)25(21(24)28)16-6-5-12(10-15(22)20(27)29-2)13-4-3-9-30-18(13)16;1-7-4-8(5-9(14)11(7)12(19)20)18-2-3-21-6-10(18)13(15,16)17;1-2;/h6-9,13,15-16,24,27H,4-5,10-12,14,17H2,1-3H3,(H,40,44);5-8,11,15H,3-4,9-10,22H2,1-2H3;4-5,10H,2-3,6H2,1H3,(H,19,20);1-2H3;1H4/t24-,27+;15-;10-;;/m001../s1/i;;;1D;. The van der Waals surface area contributed by atoms with Crippen molar-refractivity contribution in [2.24, 2.45) is 19.8 Å². The van der Waals surface area contributed by atoms with Crippen LogP contribution in [-0.4, -0.2) is 161 Å². The molecule has 1 amide bonds. The highest BCUT2D eigenvalue weighted by atomic mass is 19.4. The van der Waals surface area contributed by atoms with Gasteiger partial charge in [0.05, 0.1) is 111 Å². The van der Waals surface area contributed by atoms with Crippen LogP contribution in [0.1, 0.15) is 89.6 Å². The zero-order chi connectivity index (χ0) is 75.8. The number of benzene rings is 4. The van der Waals surface area contributed by atoms with Crippen LogP contribution in [0.15, 0.2) is 105 Å². The van der Waals surface area contributed by atoms with Crippen molar-refractivity contribution in [1.29, 1.82) is 0 Å². The number of fused-ring (bicyclic) bond motifs is 4. The van der Waals surface area contributed by atoms with Crippen LogP contribution in [0.4, 0.5) is 46.5 Å². The van der Waals surface area contributed by atoms with E-state index in [1.807, 2.05) is 0 Å². The highest BCUT2D eigenvalue weighted by molar-refractivity contribution is 5.99. The lowest BCUT2D eigenvalue weighted by Gasteiger charge is -2.38. The van der Waals surface area contributed by atoms with Crippen LogP contribution in [0.2, 0.25) is 0 Å². The number of carboxylic acids is 1. The molecule has 0 saturated carbocycles. The third-order valence-corrected chi connectivity index (χ3v) is 17.8. The lowest BCUT2D eigenvalue weighted by Crippen LogP contribution is -2.53. The van der Waals surface area contributed by atoms with Crippen LogP contribution >= 0.6 is 0 Å². The van der Waals surface area contributed by atoms with Crippen LogP contribution in [-0.2, 0) is 68.3 Å². The topological polar surface area (TPSA) is 302 Å². The molecule has 0 spiro atoms. The molecule has 25 nitrogen and oxygen atoms in total. The Morgan fingerprint density at radius 1 is 0.663 bits per heavy atom. The highest BCUT2D eigenvalue weighted by Gasteiger charge is 2.47. The molecule has 0 aliphatic carbocycles. The van der Waals surface area contributed by atoms with E-state index >= 15 is 4.39 Å². The number of nitrogens with one attached hydrogen (secondary N) is 1. The van der Waals surface area contributed by atoms with Gasteiger partial charge in [0.1, 0.15) is 47.3 Å². The molecule has 104 heavy (non-hydrogen) atoms. The third-order valence-electron chi connectivity index (χ3n) is 17.8. The molecule has 0 radical (unpaired) electrons. The van der Waals surface area contributed by atoms with E-state index in [2.05, 4.69) is 15.3 Å². The molecule has 0 unspecified atom stereocenters.